The fourth-order valence-electron chi connectivity index (χ4n) is 0.135. The molecule has 0 amide bonds. The third-order valence-corrected chi connectivity index (χ3v) is 0.772. The zero-order valence-corrected chi connectivity index (χ0v) is 5.06. The molecule has 0 radical (unpaired) electrons. The summed E-state index contributed by atoms with van der Waals surface area (Å²) in [5.41, 5.74) is 0. The van der Waals surface area contributed by atoms with Crippen molar-refractivity contribution < 1.29 is 17.7 Å². The van der Waals surface area contributed by atoms with E-state index in [1.807, 2.05) is 0 Å². The average Bonchev–Trinajstić information content (AvgIpc) is 1.65. The Hall–Kier alpha value is -0.420. The normalized spacial score (nSPS) is 12.8. The van der Waals surface area contributed by atoms with Crippen molar-refractivity contribution >= 4 is 17.3 Å². The molecule has 0 saturated carbocycles. The number of carbonyl (C=O) groups is 1. The molecular formula is C3H5O4S-. The van der Waals surface area contributed by atoms with E-state index in [0.717, 1.165) is 0 Å². The van der Waals surface area contributed by atoms with Crippen LogP contribution in [0.1, 0.15) is 13.3 Å². The molecule has 0 N–H and O–H groups in total. The van der Waals surface area contributed by atoms with Crippen molar-refractivity contribution in [3.8, 4) is 0 Å². The molecule has 0 saturated heterocycles. The summed E-state index contributed by atoms with van der Waals surface area (Å²) in [5, 5.41) is 0. The number of hydrogen-bond acceptors (Lipinski definition) is 4. The first-order chi connectivity index (χ1) is 3.66. The fourth-order valence-corrected chi connectivity index (χ4v) is 0.404. The minimum atomic E-state index is -2.70. The molecule has 0 aliphatic heterocycles. The van der Waals surface area contributed by atoms with Gasteiger partial charge in [-0.15, -0.1) is 0 Å². The monoisotopic (exact) mass is 137 g/mol. The standard InChI is InChI=1S/C3H6O4S/c1-2-3(4)7-8(5)6/h2H2,1H3,(H,5,6)/p-1. The summed E-state index contributed by atoms with van der Waals surface area (Å²) >= 11 is -2.70. The van der Waals surface area contributed by atoms with E-state index in [4.69, 9.17) is 0 Å². The predicted molar refractivity (Wildman–Crippen MR) is 25.3 cm³/mol. The first-order valence-corrected chi connectivity index (χ1v) is 2.97. The van der Waals surface area contributed by atoms with Crippen LogP contribution in [0.3, 0.4) is 0 Å². The first kappa shape index (κ1) is 7.58. The summed E-state index contributed by atoms with van der Waals surface area (Å²) in [5.74, 6) is -0.738. The summed E-state index contributed by atoms with van der Waals surface area (Å²) in [6.07, 6.45) is 0.0774. The lowest BCUT2D eigenvalue weighted by molar-refractivity contribution is -0.133. The van der Waals surface area contributed by atoms with Crippen molar-refractivity contribution in [3.05, 3.63) is 0 Å². The van der Waals surface area contributed by atoms with Gasteiger partial charge < -0.3 is 8.74 Å². The van der Waals surface area contributed by atoms with E-state index in [9.17, 15) is 13.6 Å². The van der Waals surface area contributed by atoms with Crippen LogP contribution < -0.4 is 0 Å². The van der Waals surface area contributed by atoms with Crippen LogP contribution in [-0.2, 0) is 20.3 Å². The van der Waals surface area contributed by atoms with Gasteiger partial charge in [0, 0.05) is 6.42 Å². The Morgan fingerprint density at radius 2 is 2.38 bits per heavy atom. The molecule has 0 rings (SSSR count). The van der Waals surface area contributed by atoms with E-state index in [1.54, 1.807) is 0 Å². The maximum atomic E-state index is 10.0. The number of hydrogen-bond donors (Lipinski definition) is 0. The quantitative estimate of drug-likeness (QED) is 0.491. The topological polar surface area (TPSA) is 66.4 Å². The third kappa shape index (κ3) is 3.76. The zero-order valence-electron chi connectivity index (χ0n) is 4.25. The molecule has 0 aliphatic rings. The van der Waals surface area contributed by atoms with Gasteiger partial charge in [0.05, 0.1) is 0 Å². The van der Waals surface area contributed by atoms with Crippen molar-refractivity contribution in [3.63, 3.8) is 0 Å². The van der Waals surface area contributed by atoms with Gasteiger partial charge >= 0.3 is 5.97 Å². The summed E-state index contributed by atoms with van der Waals surface area (Å²) < 4.78 is 22.7. The highest BCUT2D eigenvalue weighted by Gasteiger charge is 1.94. The Balaban J connectivity index is 3.40. The molecule has 0 spiro atoms. The van der Waals surface area contributed by atoms with Crippen LogP contribution in [0.2, 0.25) is 0 Å². The average molecular weight is 137 g/mol. The van der Waals surface area contributed by atoms with E-state index < -0.39 is 17.3 Å². The Morgan fingerprint density at radius 3 is 2.50 bits per heavy atom. The van der Waals surface area contributed by atoms with Crippen molar-refractivity contribution in [1.29, 1.82) is 0 Å². The van der Waals surface area contributed by atoms with Gasteiger partial charge in [-0.1, -0.05) is 6.92 Å². The van der Waals surface area contributed by atoms with Crippen molar-refractivity contribution in [2.24, 2.45) is 0 Å². The first-order valence-electron chi connectivity index (χ1n) is 1.97. The molecule has 0 aromatic rings. The highest BCUT2D eigenvalue weighted by Crippen LogP contribution is 1.84. The Kier molecular flexibility index (Phi) is 3.38. The molecule has 48 valence electrons. The lowest BCUT2D eigenvalue weighted by Crippen LogP contribution is -2.03. The second kappa shape index (κ2) is 3.57. The van der Waals surface area contributed by atoms with Crippen molar-refractivity contribution in [1.82, 2.24) is 0 Å². The lowest BCUT2D eigenvalue weighted by atomic mass is 10.5. The van der Waals surface area contributed by atoms with E-state index in [1.165, 1.54) is 6.92 Å². The molecule has 0 aromatic heterocycles. The van der Waals surface area contributed by atoms with Gasteiger partial charge in [-0.2, -0.15) is 0 Å². The van der Waals surface area contributed by atoms with Crippen LogP contribution in [0.15, 0.2) is 0 Å². The fraction of sp³-hybridized carbons (Fsp3) is 0.667. The van der Waals surface area contributed by atoms with Crippen LogP contribution in [0.4, 0.5) is 0 Å². The van der Waals surface area contributed by atoms with E-state index in [0.29, 0.717) is 0 Å². The van der Waals surface area contributed by atoms with Gasteiger partial charge in [-0.05, 0) is 0 Å². The summed E-state index contributed by atoms with van der Waals surface area (Å²) in [6, 6.07) is 0. The van der Waals surface area contributed by atoms with Gasteiger partial charge in [-0.25, -0.2) is 4.21 Å². The van der Waals surface area contributed by atoms with Crippen molar-refractivity contribution in [2.45, 2.75) is 13.3 Å². The van der Waals surface area contributed by atoms with Crippen LogP contribution in [0.25, 0.3) is 0 Å². The van der Waals surface area contributed by atoms with Crippen LogP contribution in [-0.4, -0.2) is 14.7 Å². The minimum Gasteiger partial charge on any atom is -0.740 e. The zero-order chi connectivity index (χ0) is 6.57. The summed E-state index contributed by atoms with van der Waals surface area (Å²) in [4.78, 5) is 10.0. The third-order valence-electron chi connectivity index (χ3n) is 0.450. The second-order valence-electron chi connectivity index (χ2n) is 1.01. The Labute approximate surface area is 49.3 Å². The molecule has 5 heteroatoms. The smallest absolute Gasteiger partial charge is 0.318 e. The van der Waals surface area contributed by atoms with Crippen LogP contribution in [0.5, 0.6) is 0 Å². The van der Waals surface area contributed by atoms with E-state index in [-0.39, 0.29) is 6.42 Å². The van der Waals surface area contributed by atoms with E-state index >= 15 is 0 Å². The number of carbonyl (C=O) groups excluding carboxylic acids is 1. The van der Waals surface area contributed by atoms with Crippen LogP contribution in [0, 0.1) is 0 Å². The predicted octanol–water partition coefficient (Wildman–Crippen LogP) is -0.266. The maximum absolute atomic E-state index is 10.0. The molecule has 0 aromatic carbocycles. The molecule has 4 nitrogen and oxygen atoms in total. The van der Waals surface area contributed by atoms with Gasteiger partial charge in [0.1, 0.15) is 11.4 Å². The second-order valence-corrected chi connectivity index (χ2v) is 1.59. The molecule has 8 heavy (non-hydrogen) atoms. The summed E-state index contributed by atoms with van der Waals surface area (Å²) in [7, 11) is 0. The van der Waals surface area contributed by atoms with Gasteiger partial charge in [0.2, 0.25) is 0 Å². The highest BCUT2D eigenvalue weighted by atomic mass is 32.2. The van der Waals surface area contributed by atoms with E-state index in [2.05, 4.69) is 4.18 Å². The van der Waals surface area contributed by atoms with Gasteiger partial charge in [0.15, 0.2) is 0 Å². The molecule has 0 bridgehead atoms. The SMILES string of the molecule is CCC(=O)OS(=O)[O-]. The maximum Gasteiger partial charge on any atom is 0.318 e. The largest absolute Gasteiger partial charge is 0.740 e. The summed E-state index contributed by atoms with van der Waals surface area (Å²) in [6.45, 7) is 1.51. The van der Waals surface area contributed by atoms with Crippen molar-refractivity contribution in [2.75, 3.05) is 0 Å². The molecule has 1 unspecified atom stereocenters. The minimum absolute atomic E-state index is 0.0774. The highest BCUT2D eigenvalue weighted by molar-refractivity contribution is 7.74. The Bertz CT molecular complexity index is 110. The van der Waals surface area contributed by atoms with Gasteiger partial charge in [0.25, 0.3) is 0 Å². The lowest BCUT2D eigenvalue weighted by Gasteiger charge is -2.01. The molecule has 0 fully saturated rings. The number of rotatable bonds is 2. The van der Waals surface area contributed by atoms with Gasteiger partial charge in [-0.3, -0.25) is 4.79 Å². The molecule has 0 heterocycles. The molecule has 0 aliphatic carbocycles. The van der Waals surface area contributed by atoms with Crippen LogP contribution >= 0.6 is 0 Å². The molecule has 1 atom stereocenters. The Morgan fingerprint density at radius 1 is 1.88 bits per heavy atom. The molecular weight excluding hydrogens is 132 g/mol.